The van der Waals surface area contributed by atoms with Gasteiger partial charge < -0.3 is 5.11 Å². The molecule has 3 rings (SSSR count). The zero-order valence-electron chi connectivity index (χ0n) is 10.5. The van der Waals surface area contributed by atoms with Gasteiger partial charge in [-0.3, -0.25) is 9.78 Å². The molecule has 1 saturated carbocycles. The number of tetrazole rings is 1. The van der Waals surface area contributed by atoms with Crippen LogP contribution in [0.3, 0.4) is 0 Å². The van der Waals surface area contributed by atoms with Crippen molar-refractivity contribution in [3.05, 3.63) is 22.8 Å². The quantitative estimate of drug-likeness (QED) is 0.895. The molecule has 1 N–H and O–H groups in total. The lowest BCUT2D eigenvalue weighted by atomic mass is 10.1. The Hall–Kier alpha value is -1.83. The summed E-state index contributed by atoms with van der Waals surface area (Å²) in [4.78, 5) is 15.3. The first kappa shape index (κ1) is 13.2. The number of aliphatic carboxylic acids is 1. The lowest BCUT2D eigenvalue weighted by Crippen LogP contribution is -2.18. The molecule has 0 amide bonds. The summed E-state index contributed by atoms with van der Waals surface area (Å²) < 4.78 is 2.46. The van der Waals surface area contributed by atoms with E-state index in [4.69, 9.17) is 5.11 Å². The molecule has 104 valence electrons. The van der Waals surface area contributed by atoms with Gasteiger partial charge >= 0.3 is 5.97 Å². The molecule has 0 aliphatic heterocycles. The Bertz CT molecular complexity index is 623. The van der Waals surface area contributed by atoms with Crippen LogP contribution in [0, 0.1) is 5.92 Å². The van der Waals surface area contributed by atoms with E-state index in [0.717, 1.165) is 17.3 Å². The smallest absolute Gasteiger partial charge is 0.305 e. The van der Waals surface area contributed by atoms with Gasteiger partial charge in [0.25, 0.3) is 0 Å². The molecular weight excluding hydrogens is 326 g/mol. The standard InChI is InChI=1S/C12H12BrN5O2/c13-8-3-4-9(14-6-8)12-15-16-17-18(12)10(5-11(19)20)7-1-2-7/h3-4,6-7,10H,1-2,5H2,(H,19,20). The summed E-state index contributed by atoms with van der Waals surface area (Å²) in [6, 6.07) is 3.45. The van der Waals surface area contributed by atoms with Crippen LogP contribution >= 0.6 is 15.9 Å². The third-order valence-electron chi connectivity index (χ3n) is 3.31. The number of carboxylic acid groups (broad SMARTS) is 1. The highest BCUT2D eigenvalue weighted by Crippen LogP contribution is 2.42. The number of halogens is 1. The Labute approximate surface area is 123 Å². The SMILES string of the molecule is O=C(O)CC(C1CC1)n1nnnc1-c1ccc(Br)cn1. The zero-order chi connectivity index (χ0) is 14.1. The van der Waals surface area contributed by atoms with E-state index < -0.39 is 5.97 Å². The van der Waals surface area contributed by atoms with Gasteiger partial charge in [0.2, 0.25) is 5.82 Å². The molecule has 1 aliphatic carbocycles. The largest absolute Gasteiger partial charge is 0.481 e. The fourth-order valence-electron chi connectivity index (χ4n) is 2.21. The molecule has 20 heavy (non-hydrogen) atoms. The average Bonchev–Trinajstić information content (AvgIpc) is 3.14. The van der Waals surface area contributed by atoms with Crippen LogP contribution in [0.1, 0.15) is 25.3 Å². The molecule has 1 aliphatic rings. The molecular formula is C12H12BrN5O2. The number of carboxylic acids is 1. The molecule has 1 fully saturated rings. The van der Waals surface area contributed by atoms with E-state index in [0.29, 0.717) is 17.4 Å². The van der Waals surface area contributed by atoms with Crippen LogP contribution in [0.5, 0.6) is 0 Å². The van der Waals surface area contributed by atoms with Gasteiger partial charge in [0.1, 0.15) is 5.69 Å². The predicted molar refractivity (Wildman–Crippen MR) is 72.8 cm³/mol. The minimum Gasteiger partial charge on any atom is -0.481 e. The summed E-state index contributed by atoms with van der Waals surface area (Å²) in [5, 5.41) is 20.7. The van der Waals surface area contributed by atoms with Gasteiger partial charge in [-0.25, -0.2) is 4.68 Å². The summed E-state index contributed by atoms with van der Waals surface area (Å²) in [6.07, 6.45) is 3.73. The number of carbonyl (C=O) groups is 1. The van der Waals surface area contributed by atoms with Gasteiger partial charge in [-0.1, -0.05) is 0 Å². The van der Waals surface area contributed by atoms with Crippen LogP contribution in [-0.4, -0.2) is 36.3 Å². The first-order valence-corrected chi connectivity index (χ1v) is 7.06. The Morgan fingerprint density at radius 3 is 2.90 bits per heavy atom. The monoisotopic (exact) mass is 337 g/mol. The Morgan fingerprint density at radius 2 is 2.30 bits per heavy atom. The van der Waals surface area contributed by atoms with Crippen molar-refractivity contribution in [3.8, 4) is 11.5 Å². The summed E-state index contributed by atoms with van der Waals surface area (Å²) in [5.74, 6) is 0.00608. The Kier molecular flexibility index (Phi) is 3.47. The van der Waals surface area contributed by atoms with Crippen molar-refractivity contribution < 1.29 is 9.90 Å². The molecule has 8 heteroatoms. The molecule has 0 saturated heterocycles. The first-order valence-electron chi connectivity index (χ1n) is 6.26. The van der Waals surface area contributed by atoms with Gasteiger partial charge in [0, 0.05) is 10.7 Å². The number of pyridine rings is 1. The number of nitrogens with zero attached hydrogens (tertiary/aromatic N) is 5. The van der Waals surface area contributed by atoms with Crippen molar-refractivity contribution in [1.82, 2.24) is 25.2 Å². The summed E-state index contributed by atoms with van der Waals surface area (Å²) >= 11 is 3.32. The topological polar surface area (TPSA) is 93.8 Å². The second kappa shape index (κ2) is 5.28. The van der Waals surface area contributed by atoms with Gasteiger partial charge in [0.15, 0.2) is 0 Å². The molecule has 1 atom stereocenters. The first-order chi connectivity index (χ1) is 9.65. The molecule has 0 spiro atoms. The maximum absolute atomic E-state index is 11.0. The maximum atomic E-state index is 11.0. The highest BCUT2D eigenvalue weighted by atomic mass is 79.9. The predicted octanol–water partition coefficient (Wildman–Crippen LogP) is 1.92. The van der Waals surface area contributed by atoms with Gasteiger partial charge in [-0.05, 0) is 57.2 Å². The summed E-state index contributed by atoms with van der Waals surface area (Å²) in [6.45, 7) is 0. The lowest BCUT2D eigenvalue weighted by Gasteiger charge is -2.15. The van der Waals surface area contributed by atoms with E-state index in [2.05, 4.69) is 36.4 Å². The molecule has 0 aromatic carbocycles. The van der Waals surface area contributed by atoms with Crippen molar-refractivity contribution in [3.63, 3.8) is 0 Å². The van der Waals surface area contributed by atoms with Crippen LogP contribution in [0.4, 0.5) is 0 Å². The number of hydrogen-bond acceptors (Lipinski definition) is 5. The van der Waals surface area contributed by atoms with Crippen LogP contribution < -0.4 is 0 Å². The van der Waals surface area contributed by atoms with E-state index in [1.807, 2.05) is 6.07 Å². The molecule has 0 bridgehead atoms. The highest BCUT2D eigenvalue weighted by Gasteiger charge is 2.36. The Balaban J connectivity index is 1.95. The Morgan fingerprint density at radius 1 is 1.50 bits per heavy atom. The fourth-order valence-corrected chi connectivity index (χ4v) is 2.44. The second-order valence-electron chi connectivity index (χ2n) is 4.81. The third kappa shape index (κ3) is 2.69. The van der Waals surface area contributed by atoms with Crippen molar-refractivity contribution >= 4 is 21.9 Å². The second-order valence-corrected chi connectivity index (χ2v) is 5.73. The van der Waals surface area contributed by atoms with E-state index >= 15 is 0 Å². The number of rotatable bonds is 5. The average molecular weight is 338 g/mol. The summed E-state index contributed by atoms with van der Waals surface area (Å²) in [7, 11) is 0. The lowest BCUT2D eigenvalue weighted by molar-refractivity contribution is -0.138. The molecule has 7 nitrogen and oxygen atoms in total. The van der Waals surface area contributed by atoms with Crippen LogP contribution in [0.2, 0.25) is 0 Å². The summed E-state index contributed by atoms with van der Waals surface area (Å²) in [5.41, 5.74) is 0.634. The van der Waals surface area contributed by atoms with Crippen molar-refractivity contribution in [2.24, 2.45) is 5.92 Å². The van der Waals surface area contributed by atoms with Crippen LogP contribution in [0.25, 0.3) is 11.5 Å². The zero-order valence-corrected chi connectivity index (χ0v) is 12.1. The van der Waals surface area contributed by atoms with E-state index in [1.54, 1.807) is 16.9 Å². The molecule has 0 radical (unpaired) electrons. The van der Waals surface area contributed by atoms with E-state index in [1.165, 1.54) is 0 Å². The minimum absolute atomic E-state index is 0.0270. The molecule has 2 heterocycles. The highest BCUT2D eigenvalue weighted by molar-refractivity contribution is 9.10. The van der Waals surface area contributed by atoms with Crippen molar-refractivity contribution in [2.75, 3.05) is 0 Å². The van der Waals surface area contributed by atoms with Gasteiger partial charge in [0.05, 0.1) is 12.5 Å². The van der Waals surface area contributed by atoms with E-state index in [-0.39, 0.29) is 12.5 Å². The van der Waals surface area contributed by atoms with Crippen LogP contribution in [-0.2, 0) is 4.79 Å². The molecule has 2 aromatic rings. The number of hydrogen-bond donors (Lipinski definition) is 1. The van der Waals surface area contributed by atoms with Gasteiger partial charge in [-0.15, -0.1) is 5.10 Å². The number of aromatic nitrogens is 5. The van der Waals surface area contributed by atoms with Crippen LogP contribution in [0.15, 0.2) is 22.8 Å². The van der Waals surface area contributed by atoms with Crippen molar-refractivity contribution in [2.45, 2.75) is 25.3 Å². The van der Waals surface area contributed by atoms with Crippen molar-refractivity contribution in [1.29, 1.82) is 0 Å². The van der Waals surface area contributed by atoms with E-state index in [9.17, 15) is 4.79 Å². The van der Waals surface area contributed by atoms with Gasteiger partial charge in [-0.2, -0.15) is 0 Å². The molecule has 1 unspecified atom stereocenters. The third-order valence-corrected chi connectivity index (χ3v) is 3.78. The normalized spacial score (nSPS) is 16.1. The molecule has 2 aromatic heterocycles. The maximum Gasteiger partial charge on any atom is 0.305 e. The fraction of sp³-hybridized carbons (Fsp3) is 0.417. The minimum atomic E-state index is -0.841.